The van der Waals surface area contributed by atoms with Crippen LogP contribution in [0.15, 0.2) is 44.7 Å². The first-order chi connectivity index (χ1) is 13.2. The molecule has 28 heavy (non-hydrogen) atoms. The Morgan fingerprint density at radius 3 is 2.43 bits per heavy atom. The van der Waals surface area contributed by atoms with E-state index in [1.54, 1.807) is 4.90 Å². The monoisotopic (exact) mass is 459 g/mol. The number of thioether (sulfide) groups is 1. The Bertz CT molecular complexity index is 972. The van der Waals surface area contributed by atoms with E-state index < -0.39 is 0 Å². The van der Waals surface area contributed by atoms with Gasteiger partial charge in [0.15, 0.2) is 5.17 Å². The number of aliphatic imine (C=N–C) groups is 1. The van der Waals surface area contributed by atoms with Crippen molar-refractivity contribution >= 4 is 44.8 Å². The van der Waals surface area contributed by atoms with Gasteiger partial charge in [-0.1, -0.05) is 12.1 Å². The summed E-state index contributed by atoms with van der Waals surface area (Å²) in [6.07, 6.45) is 2.00. The minimum atomic E-state index is 0.0325. The van der Waals surface area contributed by atoms with E-state index in [4.69, 9.17) is 0 Å². The quantitative estimate of drug-likeness (QED) is 0.529. The molecule has 1 aliphatic heterocycles. The zero-order valence-electron chi connectivity index (χ0n) is 17.2. The fourth-order valence-corrected chi connectivity index (χ4v) is 5.02. The summed E-state index contributed by atoms with van der Waals surface area (Å²) in [4.78, 5) is 20.2. The van der Waals surface area contributed by atoms with Crippen LogP contribution in [0.4, 0.5) is 0 Å². The van der Waals surface area contributed by atoms with Crippen molar-refractivity contribution in [3.63, 3.8) is 0 Å². The lowest BCUT2D eigenvalue weighted by Crippen LogP contribution is -2.35. The van der Waals surface area contributed by atoms with E-state index in [-0.39, 0.29) is 18.0 Å². The molecule has 0 saturated carbocycles. The summed E-state index contributed by atoms with van der Waals surface area (Å²) in [5.74, 6) is 0.0325. The number of amidine groups is 1. The molecule has 1 aliphatic rings. The third kappa shape index (κ3) is 3.98. The SMILES string of the molecule is Cc1cc(/C=C2/SC(=NC(C)C)N(C(C)C)C2=O)c(C)n1-c1ccccc1Br. The molecule has 1 amide bonds. The topological polar surface area (TPSA) is 37.6 Å². The van der Waals surface area contributed by atoms with E-state index in [0.717, 1.165) is 37.2 Å². The minimum absolute atomic E-state index is 0.0325. The molecule has 2 aromatic rings. The molecular formula is C22H26BrN3OS. The fourth-order valence-electron chi connectivity index (χ4n) is 3.33. The van der Waals surface area contributed by atoms with Crippen LogP contribution < -0.4 is 0 Å². The van der Waals surface area contributed by atoms with Crippen molar-refractivity contribution in [2.75, 3.05) is 0 Å². The number of nitrogens with zero attached hydrogens (tertiary/aromatic N) is 3. The number of carbonyl (C=O) groups excluding carboxylic acids is 1. The van der Waals surface area contributed by atoms with Gasteiger partial charge >= 0.3 is 0 Å². The molecule has 1 aromatic heterocycles. The van der Waals surface area contributed by atoms with E-state index in [1.165, 1.54) is 11.8 Å². The van der Waals surface area contributed by atoms with Gasteiger partial charge in [-0.25, -0.2) is 0 Å². The Morgan fingerprint density at radius 2 is 1.82 bits per heavy atom. The van der Waals surface area contributed by atoms with Crippen molar-refractivity contribution in [3.05, 3.63) is 56.7 Å². The zero-order chi connectivity index (χ0) is 20.6. The molecule has 1 fully saturated rings. The van der Waals surface area contributed by atoms with Gasteiger partial charge in [-0.05, 0) is 99.1 Å². The molecule has 3 rings (SSSR count). The summed E-state index contributed by atoms with van der Waals surface area (Å²) in [6, 6.07) is 10.5. The Labute approximate surface area is 179 Å². The van der Waals surface area contributed by atoms with E-state index in [0.29, 0.717) is 0 Å². The minimum Gasteiger partial charge on any atom is -0.317 e. The van der Waals surface area contributed by atoms with Crippen LogP contribution in [0.3, 0.4) is 0 Å². The van der Waals surface area contributed by atoms with Crippen molar-refractivity contribution in [2.24, 2.45) is 4.99 Å². The lowest BCUT2D eigenvalue weighted by Gasteiger charge is -2.20. The van der Waals surface area contributed by atoms with E-state index >= 15 is 0 Å². The van der Waals surface area contributed by atoms with Gasteiger partial charge < -0.3 is 4.57 Å². The first kappa shape index (κ1) is 20.9. The van der Waals surface area contributed by atoms with E-state index in [2.05, 4.69) is 51.5 Å². The predicted molar refractivity (Wildman–Crippen MR) is 123 cm³/mol. The molecule has 0 spiro atoms. The molecule has 1 saturated heterocycles. The summed E-state index contributed by atoms with van der Waals surface area (Å²) < 4.78 is 3.25. The number of benzene rings is 1. The maximum Gasteiger partial charge on any atom is 0.266 e. The lowest BCUT2D eigenvalue weighted by atomic mass is 10.2. The first-order valence-electron chi connectivity index (χ1n) is 9.45. The number of aromatic nitrogens is 1. The van der Waals surface area contributed by atoms with Crippen LogP contribution in [0.2, 0.25) is 0 Å². The van der Waals surface area contributed by atoms with Gasteiger partial charge in [0.1, 0.15) is 0 Å². The van der Waals surface area contributed by atoms with Crippen LogP contribution in [-0.2, 0) is 4.79 Å². The zero-order valence-corrected chi connectivity index (χ0v) is 19.6. The standard InChI is InChI=1S/C22H26BrN3OS/c1-13(2)24-22-25(14(3)4)21(27)20(28-22)12-17-11-15(5)26(16(17)6)19-10-8-7-9-18(19)23/h7-14H,1-6H3/b20-12+,24-22?. The molecule has 0 unspecified atom stereocenters. The molecule has 0 N–H and O–H groups in total. The predicted octanol–water partition coefficient (Wildman–Crippen LogP) is 5.95. The maximum atomic E-state index is 13.0. The van der Waals surface area contributed by atoms with Crippen molar-refractivity contribution < 1.29 is 4.79 Å². The average Bonchev–Trinajstić information content (AvgIpc) is 3.05. The molecule has 0 aliphatic carbocycles. The van der Waals surface area contributed by atoms with Crippen molar-refractivity contribution in [1.82, 2.24) is 9.47 Å². The molecule has 2 heterocycles. The van der Waals surface area contributed by atoms with Crippen molar-refractivity contribution in [3.8, 4) is 5.69 Å². The van der Waals surface area contributed by atoms with Crippen LogP contribution in [0, 0.1) is 13.8 Å². The number of para-hydroxylation sites is 1. The summed E-state index contributed by atoms with van der Waals surface area (Å²) in [5, 5.41) is 0.792. The van der Waals surface area contributed by atoms with Gasteiger partial charge in [0.05, 0.1) is 10.6 Å². The van der Waals surface area contributed by atoms with Crippen LogP contribution in [0.25, 0.3) is 11.8 Å². The average molecular weight is 460 g/mol. The van der Waals surface area contributed by atoms with Gasteiger partial charge in [-0.3, -0.25) is 14.7 Å². The molecule has 148 valence electrons. The highest BCUT2D eigenvalue weighted by atomic mass is 79.9. The molecule has 0 atom stereocenters. The second-order valence-corrected chi connectivity index (χ2v) is 9.36. The maximum absolute atomic E-state index is 13.0. The van der Waals surface area contributed by atoms with Gasteiger partial charge in [0.25, 0.3) is 5.91 Å². The van der Waals surface area contributed by atoms with Crippen molar-refractivity contribution in [2.45, 2.75) is 53.6 Å². The Hall–Kier alpha value is -1.79. The third-order valence-corrected chi connectivity index (χ3v) is 6.24. The summed E-state index contributed by atoms with van der Waals surface area (Å²) >= 11 is 5.12. The smallest absolute Gasteiger partial charge is 0.266 e. The number of amides is 1. The van der Waals surface area contributed by atoms with Crippen LogP contribution in [-0.4, -0.2) is 32.6 Å². The van der Waals surface area contributed by atoms with E-state index in [1.807, 2.05) is 52.0 Å². The molecule has 6 heteroatoms. The highest BCUT2D eigenvalue weighted by Gasteiger charge is 2.35. The fraction of sp³-hybridized carbons (Fsp3) is 0.364. The number of hydrogen-bond acceptors (Lipinski definition) is 3. The first-order valence-corrected chi connectivity index (χ1v) is 11.1. The normalized spacial score (nSPS) is 17.8. The molecule has 0 radical (unpaired) electrons. The second-order valence-electron chi connectivity index (χ2n) is 7.50. The Morgan fingerprint density at radius 1 is 1.14 bits per heavy atom. The summed E-state index contributed by atoms with van der Waals surface area (Å²) in [5.41, 5.74) is 4.39. The van der Waals surface area contributed by atoms with Gasteiger partial charge in [0.2, 0.25) is 0 Å². The number of rotatable bonds is 4. The Balaban J connectivity index is 2.04. The van der Waals surface area contributed by atoms with E-state index in [9.17, 15) is 4.79 Å². The Kier molecular flexibility index (Phi) is 6.20. The third-order valence-electron chi connectivity index (χ3n) is 4.57. The largest absolute Gasteiger partial charge is 0.317 e. The van der Waals surface area contributed by atoms with Crippen LogP contribution >= 0.6 is 27.7 Å². The molecule has 0 bridgehead atoms. The van der Waals surface area contributed by atoms with Gasteiger partial charge in [-0.2, -0.15) is 0 Å². The molecule has 1 aromatic carbocycles. The summed E-state index contributed by atoms with van der Waals surface area (Å²) in [6.45, 7) is 12.3. The van der Waals surface area contributed by atoms with Gasteiger partial charge in [-0.15, -0.1) is 0 Å². The van der Waals surface area contributed by atoms with Crippen LogP contribution in [0.5, 0.6) is 0 Å². The summed E-state index contributed by atoms with van der Waals surface area (Å²) in [7, 11) is 0. The highest BCUT2D eigenvalue weighted by Crippen LogP contribution is 2.36. The number of halogens is 1. The molecular weight excluding hydrogens is 434 g/mol. The highest BCUT2D eigenvalue weighted by molar-refractivity contribution is 9.10. The number of aryl methyl sites for hydroxylation is 1. The van der Waals surface area contributed by atoms with Crippen molar-refractivity contribution in [1.29, 1.82) is 0 Å². The molecule has 4 nitrogen and oxygen atoms in total. The number of hydrogen-bond donors (Lipinski definition) is 0. The van der Waals surface area contributed by atoms with Gasteiger partial charge in [0, 0.05) is 27.9 Å². The number of carbonyl (C=O) groups is 1. The lowest BCUT2D eigenvalue weighted by molar-refractivity contribution is -0.123. The second kappa shape index (κ2) is 8.29. The van der Waals surface area contributed by atoms with Crippen LogP contribution in [0.1, 0.15) is 44.6 Å².